The summed E-state index contributed by atoms with van der Waals surface area (Å²) >= 11 is 2.20. The zero-order valence-electron chi connectivity index (χ0n) is 13.6. The van der Waals surface area contributed by atoms with Crippen LogP contribution in [0.25, 0.3) is 0 Å². The topological polar surface area (TPSA) is 97.3 Å². The van der Waals surface area contributed by atoms with E-state index in [0.717, 1.165) is 5.56 Å². The van der Waals surface area contributed by atoms with E-state index in [1.807, 2.05) is 30.3 Å². The van der Waals surface area contributed by atoms with Crippen LogP contribution in [-0.4, -0.2) is 63.9 Å². The second-order valence-electron chi connectivity index (χ2n) is 6.50. The van der Waals surface area contributed by atoms with Gasteiger partial charge in [-0.25, -0.2) is 4.79 Å². The summed E-state index contributed by atoms with van der Waals surface area (Å²) in [5.41, 5.74) is -0.406. The van der Waals surface area contributed by atoms with Gasteiger partial charge in [-0.3, -0.25) is 0 Å². The smallest absolute Gasteiger partial charge is 0.407 e. The summed E-state index contributed by atoms with van der Waals surface area (Å²) in [6.45, 7) is 0.206. The Morgan fingerprint density at radius 1 is 1.36 bits per heavy atom. The number of fused-ring (bicyclic) bond motifs is 1. The van der Waals surface area contributed by atoms with Crippen molar-refractivity contribution in [1.29, 1.82) is 0 Å². The van der Waals surface area contributed by atoms with E-state index in [2.05, 4.69) is 27.9 Å². The molecule has 0 aliphatic carbocycles. The Morgan fingerprint density at radius 3 is 2.84 bits per heavy atom. The van der Waals surface area contributed by atoms with Crippen molar-refractivity contribution in [2.24, 2.45) is 0 Å². The Labute approximate surface area is 159 Å². The Morgan fingerprint density at radius 2 is 2.12 bits per heavy atom. The lowest BCUT2D eigenvalue weighted by molar-refractivity contribution is -0.127. The predicted octanol–water partition coefficient (Wildman–Crippen LogP) is 0.996. The summed E-state index contributed by atoms with van der Waals surface area (Å²) in [7, 11) is 0. The molecule has 0 bridgehead atoms. The van der Waals surface area contributed by atoms with Gasteiger partial charge in [0.05, 0.1) is 42.5 Å². The number of hydrogen-bond acceptors (Lipinski definition) is 6. The highest BCUT2D eigenvalue weighted by atomic mass is 127. The molecule has 138 valence electrons. The number of halogens is 1. The van der Waals surface area contributed by atoms with Crippen LogP contribution in [0.5, 0.6) is 0 Å². The van der Waals surface area contributed by atoms with E-state index in [-0.39, 0.29) is 41.8 Å². The number of alkyl halides is 1. The molecule has 2 saturated heterocycles. The lowest BCUT2D eigenvalue weighted by Crippen LogP contribution is -2.55. The normalized spacial score (nSPS) is 30.9. The van der Waals surface area contributed by atoms with Crippen LogP contribution in [0.1, 0.15) is 12.0 Å². The molecule has 0 aromatic heterocycles. The molecule has 1 aromatic rings. The SMILES string of the molecule is O=C1N[C@H]2[C@H](I)[C@@H](C[C@](O)(CO)COCc3ccccc3)OC[C@H]2O1. The van der Waals surface area contributed by atoms with Gasteiger partial charge in [-0.1, -0.05) is 52.9 Å². The lowest BCUT2D eigenvalue weighted by atomic mass is 9.91. The molecule has 8 heteroatoms. The van der Waals surface area contributed by atoms with Crippen LogP contribution in [0.2, 0.25) is 0 Å². The molecule has 2 aliphatic rings. The van der Waals surface area contributed by atoms with E-state index in [4.69, 9.17) is 14.2 Å². The molecule has 0 saturated carbocycles. The van der Waals surface area contributed by atoms with Crippen molar-refractivity contribution in [2.45, 2.75) is 40.8 Å². The van der Waals surface area contributed by atoms with E-state index in [1.165, 1.54) is 0 Å². The number of carbonyl (C=O) groups excluding carboxylic acids is 1. The maximum absolute atomic E-state index is 11.4. The van der Waals surface area contributed by atoms with Crippen molar-refractivity contribution in [3.63, 3.8) is 0 Å². The monoisotopic (exact) mass is 463 g/mol. The molecule has 3 N–H and O–H groups in total. The molecule has 5 atom stereocenters. The summed E-state index contributed by atoms with van der Waals surface area (Å²) in [6.07, 6.45) is -0.849. The number of amides is 1. The van der Waals surface area contributed by atoms with Crippen molar-refractivity contribution in [3.05, 3.63) is 35.9 Å². The van der Waals surface area contributed by atoms with E-state index in [0.29, 0.717) is 6.61 Å². The predicted molar refractivity (Wildman–Crippen MR) is 97.5 cm³/mol. The Kier molecular flexibility index (Phi) is 6.16. The third-order valence-electron chi connectivity index (χ3n) is 4.47. The zero-order chi connectivity index (χ0) is 17.9. The minimum absolute atomic E-state index is 0.00142. The molecule has 3 rings (SSSR count). The molecule has 2 fully saturated rings. The minimum atomic E-state index is -1.40. The van der Waals surface area contributed by atoms with Gasteiger partial charge in [0.1, 0.15) is 11.7 Å². The number of alkyl carbamates (subject to hydrolysis) is 1. The van der Waals surface area contributed by atoms with Gasteiger partial charge < -0.3 is 29.7 Å². The maximum atomic E-state index is 11.4. The van der Waals surface area contributed by atoms with Crippen molar-refractivity contribution in [2.75, 3.05) is 19.8 Å². The summed E-state index contributed by atoms with van der Waals surface area (Å²) in [6, 6.07) is 9.48. The average Bonchev–Trinajstić information content (AvgIpc) is 3.00. The Balaban J connectivity index is 1.54. The number of aliphatic hydroxyl groups is 2. The molecule has 0 spiro atoms. The fourth-order valence-electron chi connectivity index (χ4n) is 3.09. The van der Waals surface area contributed by atoms with Crippen molar-refractivity contribution in [1.82, 2.24) is 5.32 Å². The zero-order valence-corrected chi connectivity index (χ0v) is 15.8. The highest BCUT2D eigenvalue weighted by molar-refractivity contribution is 14.1. The van der Waals surface area contributed by atoms with Gasteiger partial charge in [-0.2, -0.15) is 0 Å². The molecule has 1 amide bonds. The average molecular weight is 463 g/mol. The van der Waals surface area contributed by atoms with Crippen LogP contribution in [0.4, 0.5) is 4.79 Å². The first-order chi connectivity index (χ1) is 12.0. The van der Waals surface area contributed by atoms with Crippen LogP contribution >= 0.6 is 22.6 Å². The van der Waals surface area contributed by atoms with E-state index in [9.17, 15) is 15.0 Å². The summed E-state index contributed by atoms with van der Waals surface area (Å²) in [5.74, 6) is 0. The third-order valence-corrected chi connectivity index (χ3v) is 6.05. The fourth-order valence-corrected chi connectivity index (χ4v) is 4.19. The third kappa shape index (κ3) is 4.62. The highest BCUT2D eigenvalue weighted by Gasteiger charge is 2.48. The fraction of sp³-hybridized carbons (Fsp3) is 0.588. The maximum Gasteiger partial charge on any atom is 0.407 e. The standard InChI is InChI=1S/C17H22INO6/c18-14-12(24-8-13-15(14)19-16(21)25-13)6-17(22,9-20)10-23-7-11-4-2-1-3-5-11/h1-5,12-15,20,22H,6-10H2,(H,19,21)/t12-,13-,14-,15-,17+/m1/s1. The van der Waals surface area contributed by atoms with Crippen molar-refractivity contribution in [3.8, 4) is 0 Å². The number of nitrogens with one attached hydrogen (secondary N) is 1. The Hall–Kier alpha value is -0.940. The molecular weight excluding hydrogens is 441 g/mol. The molecule has 2 aliphatic heterocycles. The molecule has 25 heavy (non-hydrogen) atoms. The molecular formula is C17H22INO6. The number of benzene rings is 1. The minimum Gasteiger partial charge on any atom is -0.442 e. The van der Waals surface area contributed by atoms with Gasteiger partial charge >= 0.3 is 6.09 Å². The van der Waals surface area contributed by atoms with Crippen molar-refractivity contribution < 1.29 is 29.2 Å². The first kappa shape index (κ1) is 18.8. The molecule has 0 unspecified atom stereocenters. The van der Waals surface area contributed by atoms with Gasteiger partial charge in [0.25, 0.3) is 0 Å². The highest BCUT2D eigenvalue weighted by Crippen LogP contribution is 2.32. The molecule has 1 aromatic carbocycles. The molecule has 0 radical (unpaired) electrons. The number of aliphatic hydroxyl groups excluding tert-OH is 1. The number of ether oxygens (including phenoxy) is 3. The summed E-state index contributed by atoms with van der Waals surface area (Å²) in [5, 5.41) is 23.1. The largest absolute Gasteiger partial charge is 0.442 e. The van der Waals surface area contributed by atoms with Crippen LogP contribution in [0.3, 0.4) is 0 Å². The van der Waals surface area contributed by atoms with Gasteiger partial charge in [-0.05, 0) is 5.56 Å². The van der Waals surface area contributed by atoms with Gasteiger partial charge in [-0.15, -0.1) is 0 Å². The van der Waals surface area contributed by atoms with Crippen LogP contribution < -0.4 is 5.32 Å². The summed E-state index contributed by atoms with van der Waals surface area (Å²) in [4.78, 5) is 11.4. The van der Waals surface area contributed by atoms with E-state index >= 15 is 0 Å². The van der Waals surface area contributed by atoms with Crippen LogP contribution in [0.15, 0.2) is 30.3 Å². The van der Waals surface area contributed by atoms with Gasteiger partial charge in [0.15, 0.2) is 0 Å². The van der Waals surface area contributed by atoms with Crippen LogP contribution in [-0.2, 0) is 20.8 Å². The van der Waals surface area contributed by atoms with E-state index in [1.54, 1.807) is 0 Å². The first-order valence-electron chi connectivity index (χ1n) is 8.18. The van der Waals surface area contributed by atoms with Crippen molar-refractivity contribution >= 4 is 28.7 Å². The molecule has 2 heterocycles. The second-order valence-corrected chi connectivity index (χ2v) is 7.93. The molecule has 7 nitrogen and oxygen atoms in total. The van der Waals surface area contributed by atoms with Gasteiger partial charge in [0, 0.05) is 6.42 Å². The quantitative estimate of drug-likeness (QED) is 0.413. The number of rotatable bonds is 7. The first-order valence-corrected chi connectivity index (χ1v) is 9.43. The number of carbonyl (C=O) groups is 1. The number of hydrogen-bond donors (Lipinski definition) is 3. The van der Waals surface area contributed by atoms with E-state index < -0.39 is 18.3 Å². The second kappa shape index (κ2) is 8.17. The lowest BCUT2D eigenvalue weighted by Gasteiger charge is -2.38. The summed E-state index contributed by atoms with van der Waals surface area (Å²) < 4.78 is 16.4. The van der Waals surface area contributed by atoms with Crippen LogP contribution in [0, 0.1) is 0 Å². The Bertz CT molecular complexity index is 588. The van der Waals surface area contributed by atoms with Gasteiger partial charge in [0.2, 0.25) is 0 Å².